The Balaban J connectivity index is 1.40. The van der Waals surface area contributed by atoms with Crippen molar-refractivity contribution in [2.45, 2.75) is 31.0 Å². The number of alkyl halides is 1. The van der Waals surface area contributed by atoms with Crippen molar-refractivity contribution in [2.24, 2.45) is 5.92 Å². The van der Waals surface area contributed by atoms with Crippen LogP contribution in [-0.4, -0.2) is 47.4 Å². The molecule has 1 amide bonds. The fourth-order valence-corrected chi connectivity index (χ4v) is 3.05. The number of amides is 1. The van der Waals surface area contributed by atoms with E-state index in [4.69, 9.17) is 5.11 Å². The molecule has 2 unspecified atom stereocenters. The molecule has 124 valence electrons. The van der Waals surface area contributed by atoms with Crippen LogP contribution in [0.1, 0.15) is 24.8 Å². The van der Waals surface area contributed by atoms with Crippen LogP contribution in [0.3, 0.4) is 0 Å². The summed E-state index contributed by atoms with van der Waals surface area (Å²) < 4.78 is 14.7. The first-order chi connectivity index (χ1) is 11.1. The van der Waals surface area contributed by atoms with Crippen molar-refractivity contribution >= 4 is 12.2 Å². The van der Waals surface area contributed by atoms with E-state index < -0.39 is 11.8 Å². The fraction of sp³-hybridized carbons (Fsp3) is 0.500. The molecular weight excluding hydrogens is 295 g/mol. The van der Waals surface area contributed by atoms with Crippen molar-refractivity contribution in [1.29, 1.82) is 0 Å². The normalized spacial score (nSPS) is 26.4. The lowest BCUT2D eigenvalue weighted by molar-refractivity contribution is 0.0566. The van der Waals surface area contributed by atoms with E-state index in [-0.39, 0.29) is 25.9 Å². The van der Waals surface area contributed by atoms with Crippen LogP contribution in [0.25, 0.3) is 6.08 Å². The van der Waals surface area contributed by atoms with Gasteiger partial charge in [0.2, 0.25) is 0 Å². The average molecular weight is 318 g/mol. The van der Waals surface area contributed by atoms with Gasteiger partial charge < -0.3 is 15.3 Å². The van der Waals surface area contributed by atoms with Gasteiger partial charge in [-0.1, -0.05) is 42.5 Å². The van der Waals surface area contributed by atoms with E-state index in [2.05, 4.69) is 29.6 Å². The molecule has 2 aliphatic rings. The zero-order valence-corrected chi connectivity index (χ0v) is 13.1. The van der Waals surface area contributed by atoms with Gasteiger partial charge in [-0.2, -0.15) is 0 Å². The van der Waals surface area contributed by atoms with E-state index in [1.165, 1.54) is 10.5 Å². The first-order valence-electron chi connectivity index (χ1n) is 8.19. The van der Waals surface area contributed by atoms with Crippen LogP contribution in [0, 0.1) is 5.92 Å². The number of hydrogen-bond donors (Lipinski definition) is 2. The fourth-order valence-electron chi connectivity index (χ4n) is 3.05. The van der Waals surface area contributed by atoms with E-state index in [0.717, 1.165) is 6.42 Å². The highest BCUT2D eigenvalue weighted by Gasteiger charge is 2.40. The summed E-state index contributed by atoms with van der Waals surface area (Å²) >= 11 is 0. The Morgan fingerprint density at radius 3 is 2.70 bits per heavy atom. The van der Waals surface area contributed by atoms with Crippen LogP contribution in [-0.2, 0) is 0 Å². The zero-order chi connectivity index (χ0) is 16.3. The van der Waals surface area contributed by atoms with Crippen LogP contribution < -0.4 is 5.32 Å². The number of hydrogen-bond acceptors (Lipinski definition) is 2. The summed E-state index contributed by atoms with van der Waals surface area (Å²) in [5, 5.41) is 12.2. The molecule has 5 heteroatoms. The maximum absolute atomic E-state index is 14.7. The van der Waals surface area contributed by atoms with Crippen molar-refractivity contribution in [2.75, 3.05) is 19.6 Å². The van der Waals surface area contributed by atoms with Crippen LogP contribution in [0.15, 0.2) is 36.4 Å². The Kier molecular flexibility index (Phi) is 4.66. The highest BCUT2D eigenvalue weighted by atomic mass is 19.1. The lowest BCUT2D eigenvalue weighted by Gasteiger charge is -2.35. The molecule has 2 atom stereocenters. The molecule has 2 fully saturated rings. The van der Waals surface area contributed by atoms with Crippen molar-refractivity contribution in [1.82, 2.24) is 10.2 Å². The standard InChI is InChI=1S/C18H23FN2O2/c19-18(8-10-21(11-9-18)17(22)23)13-20-16-12-15(16)7-6-14-4-2-1-3-5-14/h1-7,15-16,20H,8-13H2,(H,22,23)/b7-6+. The lowest BCUT2D eigenvalue weighted by Crippen LogP contribution is -2.49. The summed E-state index contributed by atoms with van der Waals surface area (Å²) in [7, 11) is 0. The number of likely N-dealkylation sites (tertiary alicyclic amines) is 1. The number of piperidine rings is 1. The molecule has 0 radical (unpaired) electrons. The molecule has 0 bridgehead atoms. The van der Waals surface area contributed by atoms with E-state index >= 15 is 0 Å². The van der Waals surface area contributed by atoms with Crippen molar-refractivity contribution in [3.8, 4) is 0 Å². The number of nitrogens with zero attached hydrogens (tertiary/aromatic N) is 1. The Morgan fingerprint density at radius 1 is 1.35 bits per heavy atom. The largest absolute Gasteiger partial charge is 0.465 e. The third kappa shape index (κ3) is 4.32. The second-order valence-corrected chi connectivity index (χ2v) is 6.58. The molecule has 0 spiro atoms. The predicted octanol–water partition coefficient (Wildman–Crippen LogP) is 3.16. The summed E-state index contributed by atoms with van der Waals surface area (Å²) in [6, 6.07) is 10.5. The highest BCUT2D eigenvalue weighted by Crippen LogP contribution is 2.34. The third-order valence-electron chi connectivity index (χ3n) is 4.79. The minimum Gasteiger partial charge on any atom is -0.465 e. The number of halogens is 1. The molecule has 1 aromatic rings. The Morgan fingerprint density at radius 2 is 2.04 bits per heavy atom. The summed E-state index contributed by atoms with van der Waals surface area (Å²) in [5.41, 5.74) is -0.0939. The Hall–Kier alpha value is -1.88. The summed E-state index contributed by atoms with van der Waals surface area (Å²) in [4.78, 5) is 12.1. The maximum atomic E-state index is 14.7. The number of carbonyl (C=O) groups is 1. The van der Waals surface area contributed by atoms with E-state index in [1.54, 1.807) is 0 Å². The van der Waals surface area contributed by atoms with Crippen LogP contribution >= 0.6 is 0 Å². The number of rotatable bonds is 5. The van der Waals surface area contributed by atoms with E-state index in [9.17, 15) is 9.18 Å². The first kappa shape index (κ1) is 16.0. The molecule has 4 nitrogen and oxygen atoms in total. The molecule has 1 saturated heterocycles. The Labute approximate surface area is 136 Å². The van der Waals surface area contributed by atoms with Gasteiger partial charge >= 0.3 is 6.09 Å². The molecule has 0 aromatic heterocycles. The molecule has 1 heterocycles. The topological polar surface area (TPSA) is 52.6 Å². The smallest absolute Gasteiger partial charge is 0.407 e. The molecule has 2 N–H and O–H groups in total. The Bertz CT molecular complexity index is 568. The molecule has 1 saturated carbocycles. The van der Waals surface area contributed by atoms with Gasteiger partial charge in [-0.25, -0.2) is 9.18 Å². The van der Waals surface area contributed by atoms with Crippen LogP contribution in [0.5, 0.6) is 0 Å². The number of nitrogens with one attached hydrogen (secondary N) is 1. The number of carboxylic acid groups (broad SMARTS) is 1. The first-order valence-corrected chi connectivity index (χ1v) is 8.19. The molecule has 1 aromatic carbocycles. The molecule has 1 aliphatic carbocycles. The molecule has 1 aliphatic heterocycles. The van der Waals surface area contributed by atoms with Crippen LogP contribution in [0.4, 0.5) is 9.18 Å². The predicted molar refractivity (Wildman–Crippen MR) is 88.0 cm³/mol. The van der Waals surface area contributed by atoms with Gasteiger partial charge in [0.15, 0.2) is 0 Å². The minimum atomic E-state index is -1.28. The number of benzene rings is 1. The summed E-state index contributed by atoms with van der Waals surface area (Å²) in [6.07, 6.45) is 4.95. The van der Waals surface area contributed by atoms with Gasteiger partial charge in [0, 0.05) is 38.5 Å². The molecule has 3 rings (SSSR count). The highest BCUT2D eigenvalue weighted by molar-refractivity contribution is 5.65. The molecular formula is C18H23FN2O2. The second kappa shape index (κ2) is 6.71. The van der Waals surface area contributed by atoms with E-state index in [0.29, 0.717) is 18.5 Å². The lowest BCUT2D eigenvalue weighted by atomic mass is 9.93. The van der Waals surface area contributed by atoms with Gasteiger partial charge in [-0.05, 0) is 17.9 Å². The van der Waals surface area contributed by atoms with Crippen molar-refractivity contribution in [3.63, 3.8) is 0 Å². The zero-order valence-electron chi connectivity index (χ0n) is 13.1. The van der Waals surface area contributed by atoms with Gasteiger partial charge in [0.05, 0.1) is 0 Å². The molecule has 23 heavy (non-hydrogen) atoms. The van der Waals surface area contributed by atoms with E-state index in [1.807, 2.05) is 18.2 Å². The van der Waals surface area contributed by atoms with Crippen molar-refractivity contribution in [3.05, 3.63) is 42.0 Å². The second-order valence-electron chi connectivity index (χ2n) is 6.58. The SMILES string of the molecule is O=C(O)N1CCC(F)(CNC2CC2/C=C/c2ccccc2)CC1. The third-order valence-corrected chi connectivity index (χ3v) is 4.79. The quantitative estimate of drug-likeness (QED) is 0.877. The van der Waals surface area contributed by atoms with Crippen molar-refractivity contribution < 1.29 is 14.3 Å². The van der Waals surface area contributed by atoms with Gasteiger partial charge in [0.25, 0.3) is 0 Å². The van der Waals surface area contributed by atoms with Crippen LogP contribution in [0.2, 0.25) is 0 Å². The average Bonchev–Trinajstić information content (AvgIpc) is 3.31. The van der Waals surface area contributed by atoms with Gasteiger partial charge in [-0.3, -0.25) is 0 Å². The summed E-state index contributed by atoms with van der Waals surface area (Å²) in [5.74, 6) is 0.470. The van der Waals surface area contributed by atoms with Gasteiger partial charge in [0.1, 0.15) is 5.67 Å². The monoisotopic (exact) mass is 318 g/mol. The minimum absolute atomic E-state index is 0.281. The summed E-state index contributed by atoms with van der Waals surface area (Å²) in [6.45, 7) is 0.895. The van der Waals surface area contributed by atoms with Gasteiger partial charge in [-0.15, -0.1) is 0 Å². The maximum Gasteiger partial charge on any atom is 0.407 e.